The number of aromatic amines is 1. The number of aromatic nitrogens is 3. The number of H-pyrrole nitrogens is 1. The van der Waals surface area contributed by atoms with Crippen LogP contribution >= 0.6 is 0 Å². The predicted molar refractivity (Wildman–Crippen MR) is 86.5 cm³/mol. The maximum atomic E-state index is 12.4. The molecule has 3 heterocycles. The average Bonchev–Trinajstić information content (AvgIpc) is 3.01. The number of nitrogens with one attached hydrogen (secondary N) is 2. The third kappa shape index (κ3) is 2.58. The van der Waals surface area contributed by atoms with Gasteiger partial charge in [-0.2, -0.15) is 0 Å². The molecule has 2 N–H and O–H groups in total. The van der Waals surface area contributed by atoms with Crippen LogP contribution in [0.3, 0.4) is 0 Å². The molecule has 5 nitrogen and oxygen atoms in total. The molecule has 1 saturated heterocycles. The second-order valence-electron chi connectivity index (χ2n) is 6.78. The van der Waals surface area contributed by atoms with E-state index in [1.807, 2.05) is 0 Å². The Morgan fingerprint density at radius 2 is 1.77 bits per heavy atom. The molecular weight excluding hydrogens is 276 g/mol. The van der Waals surface area contributed by atoms with Gasteiger partial charge in [0.2, 0.25) is 0 Å². The second kappa shape index (κ2) is 5.88. The molecule has 2 aliphatic rings. The maximum absolute atomic E-state index is 12.4. The van der Waals surface area contributed by atoms with Crippen molar-refractivity contribution in [2.75, 3.05) is 13.1 Å². The summed E-state index contributed by atoms with van der Waals surface area (Å²) in [6.45, 7) is 2.04. The summed E-state index contributed by atoms with van der Waals surface area (Å²) in [5.74, 6) is 0.990. The molecule has 5 heteroatoms. The van der Waals surface area contributed by atoms with E-state index in [2.05, 4.69) is 16.5 Å². The van der Waals surface area contributed by atoms with Crippen molar-refractivity contribution in [2.45, 2.75) is 56.8 Å². The number of fused-ring (bicyclic) bond motifs is 1. The fourth-order valence-electron chi connectivity index (χ4n) is 3.98. The molecule has 4 rings (SSSR count). The summed E-state index contributed by atoms with van der Waals surface area (Å²) >= 11 is 0. The van der Waals surface area contributed by atoms with E-state index in [0.717, 1.165) is 37.3 Å². The van der Waals surface area contributed by atoms with Crippen LogP contribution in [0.5, 0.6) is 0 Å². The lowest BCUT2D eigenvalue weighted by atomic mass is 9.87. The third-order valence-electron chi connectivity index (χ3n) is 5.29. The standard InChI is InChI=1S/C17H24N4O/c22-17-11-14(13-6-8-18-9-7-13)19-16-10-15(20-21(16)17)12-4-2-1-3-5-12/h10-13,18,20H,1-9H2. The van der Waals surface area contributed by atoms with Crippen LogP contribution in [-0.2, 0) is 0 Å². The van der Waals surface area contributed by atoms with E-state index >= 15 is 0 Å². The zero-order chi connectivity index (χ0) is 14.9. The summed E-state index contributed by atoms with van der Waals surface area (Å²) in [4.78, 5) is 17.2. The van der Waals surface area contributed by atoms with Gasteiger partial charge >= 0.3 is 0 Å². The first-order chi connectivity index (χ1) is 10.8. The molecule has 2 aromatic rings. The minimum atomic E-state index is 0.0283. The number of piperidine rings is 1. The van der Waals surface area contributed by atoms with Crippen molar-refractivity contribution >= 4 is 5.65 Å². The third-order valence-corrected chi connectivity index (χ3v) is 5.29. The van der Waals surface area contributed by atoms with Gasteiger partial charge in [0.25, 0.3) is 5.56 Å². The predicted octanol–water partition coefficient (Wildman–Crippen LogP) is 2.54. The Balaban J connectivity index is 1.69. The Hall–Kier alpha value is -1.62. The normalized spacial score (nSPS) is 21.5. The number of hydrogen-bond acceptors (Lipinski definition) is 3. The van der Waals surface area contributed by atoms with Gasteiger partial charge < -0.3 is 5.32 Å². The molecule has 2 fully saturated rings. The highest BCUT2D eigenvalue weighted by Crippen LogP contribution is 2.32. The fraction of sp³-hybridized carbons (Fsp3) is 0.647. The molecule has 0 atom stereocenters. The van der Waals surface area contributed by atoms with Gasteiger partial charge in [0.1, 0.15) is 0 Å². The molecule has 0 spiro atoms. The minimum Gasteiger partial charge on any atom is -0.317 e. The largest absolute Gasteiger partial charge is 0.317 e. The van der Waals surface area contributed by atoms with Gasteiger partial charge in [-0.1, -0.05) is 19.3 Å². The zero-order valence-corrected chi connectivity index (χ0v) is 13.0. The van der Waals surface area contributed by atoms with Gasteiger partial charge in [0.15, 0.2) is 5.65 Å². The van der Waals surface area contributed by atoms with E-state index in [4.69, 9.17) is 4.98 Å². The Morgan fingerprint density at radius 1 is 1.00 bits per heavy atom. The average molecular weight is 300 g/mol. The first kappa shape index (κ1) is 14.0. The SMILES string of the molecule is O=c1cc(C2CCNCC2)nc2cc(C3CCCCC3)[nH]n12. The van der Waals surface area contributed by atoms with E-state index in [9.17, 15) is 4.79 Å². The Kier molecular flexibility index (Phi) is 3.74. The lowest BCUT2D eigenvalue weighted by Crippen LogP contribution is -2.28. The van der Waals surface area contributed by atoms with E-state index < -0.39 is 0 Å². The van der Waals surface area contributed by atoms with Gasteiger partial charge in [-0.25, -0.2) is 9.50 Å². The molecule has 0 unspecified atom stereocenters. The second-order valence-corrected chi connectivity index (χ2v) is 6.78. The van der Waals surface area contributed by atoms with Gasteiger partial charge in [-0.05, 0) is 38.8 Å². The Labute approximate surface area is 130 Å². The van der Waals surface area contributed by atoms with Crippen molar-refractivity contribution < 1.29 is 0 Å². The van der Waals surface area contributed by atoms with Crippen LogP contribution in [0.4, 0.5) is 0 Å². The van der Waals surface area contributed by atoms with Crippen molar-refractivity contribution in [3.05, 3.63) is 33.9 Å². The summed E-state index contributed by atoms with van der Waals surface area (Å²) in [5.41, 5.74) is 2.98. The van der Waals surface area contributed by atoms with E-state index in [1.54, 1.807) is 10.6 Å². The van der Waals surface area contributed by atoms with Gasteiger partial charge in [-0.3, -0.25) is 9.89 Å². The summed E-state index contributed by atoms with van der Waals surface area (Å²) in [7, 11) is 0. The highest BCUT2D eigenvalue weighted by molar-refractivity contribution is 5.41. The maximum Gasteiger partial charge on any atom is 0.272 e. The van der Waals surface area contributed by atoms with E-state index in [0.29, 0.717) is 11.8 Å². The number of hydrogen-bond donors (Lipinski definition) is 2. The van der Waals surface area contributed by atoms with Gasteiger partial charge in [-0.15, -0.1) is 0 Å². The number of rotatable bonds is 2. The van der Waals surface area contributed by atoms with Crippen molar-refractivity contribution in [3.63, 3.8) is 0 Å². The zero-order valence-electron chi connectivity index (χ0n) is 13.0. The number of nitrogens with zero attached hydrogens (tertiary/aromatic N) is 2. The minimum absolute atomic E-state index is 0.0283. The molecule has 1 saturated carbocycles. The molecule has 2 aromatic heterocycles. The molecule has 0 bridgehead atoms. The first-order valence-electron chi connectivity index (χ1n) is 8.64. The lowest BCUT2D eigenvalue weighted by Gasteiger charge is -2.21. The van der Waals surface area contributed by atoms with Crippen molar-refractivity contribution in [1.29, 1.82) is 0 Å². The molecule has 118 valence electrons. The molecule has 1 aliphatic heterocycles. The lowest BCUT2D eigenvalue weighted by molar-refractivity contribution is 0.435. The van der Waals surface area contributed by atoms with Crippen molar-refractivity contribution in [2.24, 2.45) is 0 Å². The van der Waals surface area contributed by atoms with Crippen LogP contribution in [-0.4, -0.2) is 27.7 Å². The monoisotopic (exact) mass is 300 g/mol. The topological polar surface area (TPSA) is 62.2 Å². The Bertz CT molecular complexity index is 705. The summed E-state index contributed by atoms with van der Waals surface area (Å²) in [5, 5.41) is 6.66. The molecule has 0 radical (unpaired) electrons. The summed E-state index contributed by atoms with van der Waals surface area (Å²) in [6, 6.07) is 3.83. The first-order valence-corrected chi connectivity index (χ1v) is 8.64. The van der Waals surface area contributed by atoms with Crippen LogP contribution < -0.4 is 10.9 Å². The Morgan fingerprint density at radius 3 is 2.55 bits per heavy atom. The molecular formula is C17H24N4O. The van der Waals surface area contributed by atoms with E-state index in [-0.39, 0.29) is 5.56 Å². The van der Waals surface area contributed by atoms with Crippen LogP contribution in [0.1, 0.15) is 68.2 Å². The highest BCUT2D eigenvalue weighted by Gasteiger charge is 2.21. The molecule has 1 aliphatic carbocycles. The van der Waals surface area contributed by atoms with Crippen molar-refractivity contribution in [3.8, 4) is 0 Å². The van der Waals surface area contributed by atoms with Crippen LogP contribution in [0.2, 0.25) is 0 Å². The molecule has 0 amide bonds. The van der Waals surface area contributed by atoms with Crippen LogP contribution in [0.15, 0.2) is 16.9 Å². The quantitative estimate of drug-likeness (QED) is 0.896. The van der Waals surface area contributed by atoms with Gasteiger partial charge in [0.05, 0.1) is 5.69 Å². The van der Waals surface area contributed by atoms with E-state index in [1.165, 1.54) is 37.8 Å². The summed E-state index contributed by atoms with van der Waals surface area (Å²) in [6.07, 6.45) is 8.52. The van der Waals surface area contributed by atoms with Crippen LogP contribution in [0.25, 0.3) is 5.65 Å². The molecule has 22 heavy (non-hydrogen) atoms. The van der Waals surface area contributed by atoms with Crippen molar-refractivity contribution in [1.82, 2.24) is 19.9 Å². The highest BCUT2D eigenvalue weighted by atomic mass is 16.1. The summed E-state index contributed by atoms with van der Waals surface area (Å²) < 4.78 is 1.62. The molecule has 0 aromatic carbocycles. The van der Waals surface area contributed by atoms with Gasteiger partial charge in [0, 0.05) is 29.7 Å². The van der Waals surface area contributed by atoms with Crippen LogP contribution in [0, 0.1) is 0 Å². The smallest absolute Gasteiger partial charge is 0.272 e. The fourth-order valence-corrected chi connectivity index (χ4v) is 3.98.